The van der Waals surface area contributed by atoms with Gasteiger partial charge in [0.1, 0.15) is 5.82 Å². The second-order valence-corrected chi connectivity index (χ2v) is 6.30. The van der Waals surface area contributed by atoms with Crippen molar-refractivity contribution in [2.45, 2.75) is 19.6 Å². The molecule has 2 N–H and O–H groups in total. The third-order valence-electron chi connectivity index (χ3n) is 4.06. The molecule has 3 rings (SSSR count). The Hall–Kier alpha value is -3.35. The monoisotopic (exact) mass is 385 g/mol. The van der Waals surface area contributed by atoms with Gasteiger partial charge in [0.2, 0.25) is 0 Å². The van der Waals surface area contributed by atoms with Gasteiger partial charge in [-0.2, -0.15) is 13.2 Å². The van der Waals surface area contributed by atoms with Crippen molar-refractivity contribution in [3.05, 3.63) is 89.1 Å². The first-order chi connectivity index (χ1) is 13.3. The number of rotatable bonds is 5. The molecule has 0 saturated carbocycles. The first-order valence-electron chi connectivity index (χ1n) is 8.55. The SMILES string of the molecule is Cc1cccc(CNc2ccc(NC(=O)c3ccc(C(F)(F)F)cc3)nc2)c1. The number of carbonyl (C=O) groups excluding carboxylic acids is 1. The number of amides is 1. The van der Waals surface area contributed by atoms with E-state index >= 15 is 0 Å². The molecule has 144 valence electrons. The van der Waals surface area contributed by atoms with Gasteiger partial charge in [-0.05, 0) is 48.9 Å². The van der Waals surface area contributed by atoms with Crippen molar-refractivity contribution in [3.8, 4) is 0 Å². The third-order valence-corrected chi connectivity index (χ3v) is 4.06. The lowest BCUT2D eigenvalue weighted by atomic mass is 10.1. The number of hydrogen-bond donors (Lipinski definition) is 2. The first kappa shape index (κ1) is 19.4. The first-order valence-corrected chi connectivity index (χ1v) is 8.55. The summed E-state index contributed by atoms with van der Waals surface area (Å²) in [7, 11) is 0. The number of nitrogens with one attached hydrogen (secondary N) is 2. The van der Waals surface area contributed by atoms with Crippen molar-refractivity contribution in [2.75, 3.05) is 10.6 Å². The van der Waals surface area contributed by atoms with E-state index in [4.69, 9.17) is 0 Å². The van der Waals surface area contributed by atoms with Crippen molar-refractivity contribution in [3.63, 3.8) is 0 Å². The molecule has 3 aromatic rings. The Morgan fingerprint density at radius 2 is 1.79 bits per heavy atom. The summed E-state index contributed by atoms with van der Waals surface area (Å²) in [5, 5.41) is 5.80. The van der Waals surface area contributed by atoms with Crippen LogP contribution in [0.15, 0.2) is 66.9 Å². The van der Waals surface area contributed by atoms with Gasteiger partial charge in [-0.25, -0.2) is 4.98 Å². The summed E-state index contributed by atoms with van der Waals surface area (Å²) in [4.78, 5) is 16.3. The van der Waals surface area contributed by atoms with Gasteiger partial charge in [0.25, 0.3) is 5.91 Å². The number of anilines is 2. The summed E-state index contributed by atoms with van der Waals surface area (Å²) in [6, 6.07) is 15.5. The minimum absolute atomic E-state index is 0.122. The molecule has 0 saturated heterocycles. The Balaban J connectivity index is 1.58. The second kappa shape index (κ2) is 8.12. The van der Waals surface area contributed by atoms with E-state index in [0.717, 1.165) is 35.5 Å². The maximum Gasteiger partial charge on any atom is 0.416 e. The van der Waals surface area contributed by atoms with Gasteiger partial charge in [0.05, 0.1) is 17.4 Å². The molecule has 1 aromatic heterocycles. The molecule has 28 heavy (non-hydrogen) atoms. The van der Waals surface area contributed by atoms with Gasteiger partial charge in [0.15, 0.2) is 0 Å². The van der Waals surface area contributed by atoms with E-state index in [1.807, 2.05) is 25.1 Å². The Morgan fingerprint density at radius 1 is 1.04 bits per heavy atom. The van der Waals surface area contributed by atoms with E-state index in [-0.39, 0.29) is 5.56 Å². The average Bonchev–Trinajstić information content (AvgIpc) is 2.67. The fourth-order valence-corrected chi connectivity index (χ4v) is 2.60. The number of hydrogen-bond acceptors (Lipinski definition) is 3. The molecule has 2 aromatic carbocycles. The number of alkyl halides is 3. The molecule has 4 nitrogen and oxygen atoms in total. The fraction of sp³-hybridized carbons (Fsp3) is 0.143. The molecule has 0 aliphatic carbocycles. The summed E-state index contributed by atoms with van der Waals surface area (Å²) in [6.45, 7) is 2.67. The van der Waals surface area contributed by atoms with Crippen LogP contribution in [0.5, 0.6) is 0 Å². The summed E-state index contributed by atoms with van der Waals surface area (Å²) >= 11 is 0. The number of aromatic nitrogens is 1. The van der Waals surface area contributed by atoms with Crippen LogP contribution in [0.4, 0.5) is 24.7 Å². The normalized spacial score (nSPS) is 11.1. The number of nitrogens with zero attached hydrogens (tertiary/aromatic N) is 1. The predicted octanol–water partition coefficient (Wildman–Crippen LogP) is 5.27. The van der Waals surface area contributed by atoms with E-state index in [2.05, 4.69) is 21.7 Å². The lowest BCUT2D eigenvalue weighted by molar-refractivity contribution is -0.137. The van der Waals surface area contributed by atoms with E-state index in [0.29, 0.717) is 12.4 Å². The number of benzene rings is 2. The molecule has 0 aliphatic heterocycles. The van der Waals surface area contributed by atoms with Gasteiger partial charge in [0, 0.05) is 12.1 Å². The second-order valence-electron chi connectivity index (χ2n) is 6.30. The number of aryl methyl sites for hydroxylation is 1. The fourth-order valence-electron chi connectivity index (χ4n) is 2.60. The third kappa shape index (κ3) is 5.09. The van der Waals surface area contributed by atoms with Gasteiger partial charge in [-0.15, -0.1) is 0 Å². The van der Waals surface area contributed by atoms with Gasteiger partial charge in [-0.3, -0.25) is 4.79 Å². The molecule has 0 aliphatic rings. The van der Waals surface area contributed by atoms with Crippen LogP contribution in [-0.4, -0.2) is 10.9 Å². The van der Waals surface area contributed by atoms with Crippen LogP contribution >= 0.6 is 0 Å². The van der Waals surface area contributed by atoms with E-state index in [1.54, 1.807) is 18.3 Å². The van der Waals surface area contributed by atoms with Crippen LogP contribution < -0.4 is 10.6 Å². The lowest BCUT2D eigenvalue weighted by Crippen LogP contribution is -2.13. The zero-order valence-corrected chi connectivity index (χ0v) is 15.0. The lowest BCUT2D eigenvalue weighted by Gasteiger charge is -2.09. The Labute approximate surface area is 160 Å². The van der Waals surface area contributed by atoms with Crippen molar-refractivity contribution < 1.29 is 18.0 Å². The highest BCUT2D eigenvalue weighted by molar-refractivity contribution is 6.03. The number of pyridine rings is 1. The van der Waals surface area contributed by atoms with Gasteiger partial charge < -0.3 is 10.6 Å². The smallest absolute Gasteiger partial charge is 0.380 e. The maximum absolute atomic E-state index is 12.6. The molecular formula is C21H18F3N3O. The molecule has 0 spiro atoms. The topological polar surface area (TPSA) is 54.0 Å². The minimum Gasteiger partial charge on any atom is -0.380 e. The van der Waals surface area contributed by atoms with Crippen molar-refractivity contribution in [2.24, 2.45) is 0 Å². The molecule has 1 amide bonds. The van der Waals surface area contributed by atoms with Crippen LogP contribution in [0.1, 0.15) is 27.0 Å². The quantitative estimate of drug-likeness (QED) is 0.629. The molecule has 0 atom stereocenters. The van der Waals surface area contributed by atoms with Crippen LogP contribution in [0.2, 0.25) is 0 Å². The van der Waals surface area contributed by atoms with Crippen molar-refractivity contribution in [1.82, 2.24) is 4.98 Å². The molecule has 0 unspecified atom stereocenters. The summed E-state index contributed by atoms with van der Waals surface area (Å²) in [5.41, 5.74) is 2.43. The van der Waals surface area contributed by atoms with Gasteiger partial charge in [-0.1, -0.05) is 29.8 Å². The Kier molecular flexibility index (Phi) is 5.63. The van der Waals surface area contributed by atoms with Crippen molar-refractivity contribution in [1.29, 1.82) is 0 Å². The molecular weight excluding hydrogens is 367 g/mol. The zero-order chi connectivity index (χ0) is 20.1. The van der Waals surface area contributed by atoms with E-state index in [1.165, 1.54) is 5.56 Å². The summed E-state index contributed by atoms with van der Waals surface area (Å²) < 4.78 is 37.7. The number of carbonyl (C=O) groups is 1. The van der Waals surface area contributed by atoms with Crippen LogP contribution in [0.25, 0.3) is 0 Å². The highest BCUT2D eigenvalue weighted by Crippen LogP contribution is 2.29. The van der Waals surface area contributed by atoms with E-state index in [9.17, 15) is 18.0 Å². The minimum atomic E-state index is -4.43. The standard InChI is InChI=1S/C21H18F3N3O/c1-14-3-2-4-15(11-14)12-25-18-9-10-19(26-13-18)27-20(28)16-5-7-17(8-6-16)21(22,23)24/h2-11,13,25H,12H2,1H3,(H,26,27,28). The molecule has 1 heterocycles. The summed E-state index contributed by atoms with van der Waals surface area (Å²) in [6.07, 6.45) is -2.85. The molecule has 0 radical (unpaired) electrons. The average molecular weight is 385 g/mol. The van der Waals surface area contributed by atoms with E-state index < -0.39 is 17.6 Å². The van der Waals surface area contributed by atoms with Crippen molar-refractivity contribution >= 4 is 17.4 Å². The molecule has 0 bridgehead atoms. The maximum atomic E-state index is 12.6. The number of halogens is 3. The molecule has 7 heteroatoms. The zero-order valence-electron chi connectivity index (χ0n) is 15.0. The Bertz CT molecular complexity index is 952. The van der Waals surface area contributed by atoms with Gasteiger partial charge >= 0.3 is 6.18 Å². The Morgan fingerprint density at radius 3 is 2.39 bits per heavy atom. The molecule has 0 fully saturated rings. The highest BCUT2D eigenvalue weighted by atomic mass is 19.4. The predicted molar refractivity (Wildman–Crippen MR) is 102 cm³/mol. The highest BCUT2D eigenvalue weighted by Gasteiger charge is 2.30. The summed E-state index contributed by atoms with van der Waals surface area (Å²) in [5.74, 6) is -0.215. The largest absolute Gasteiger partial charge is 0.416 e. The van der Waals surface area contributed by atoms with Crippen LogP contribution in [0.3, 0.4) is 0 Å². The van der Waals surface area contributed by atoms with Crippen LogP contribution in [-0.2, 0) is 12.7 Å². The van der Waals surface area contributed by atoms with Crippen LogP contribution in [0, 0.1) is 6.92 Å².